The molecule has 1 aliphatic heterocycles. The number of methoxy groups -OCH3 is 1. The molecule has 2 aromatic carbocycles. The van der Waals surface area contributed by atoms with Crippen LogP contribution in [0.1, 0.15) is 30.5 Å². The highest BCUT2D eigenvalue weighted by Crippen LogP contribution is 2.42. The Balaban J connectivity index is 2.14. The molecule has 1 unspecified atom stereocenters. The summed E-state index contributed by atoms with van der Waals surface area (Å²) in [6.45, 7) is 1.59. The number of ether oxygens (including phenoxy) is 1. The lowest BCUT2D eigenvalue weighted by atomic mass is 9.94. The molecule has 2 aromatic rings. The number of amides is 1. The standard InChI is InChI=1S/C21H18F3NO4/c1-3-16(26)17-18(12-5-4-6-15(11-12)29-2)25(20(28)19(17)27)14-9-7-13(8-10-14)21(22,23)24/h4-11,18,27H,3H2,1-2H3. The monoisotopic (exact) mass is 405 g/mol. The van der Waals surface area contributed by atoms with Gasteiger partial charge in [0.25, 0.3) is 5.91 Å². The van der Waals surface area contributed by atoms with E-state index in [0.29, 0.717) is 11.3 Å². The average Bonchev–Trinajstić information content (AvgIpc) is 2.98. The summed E-state index contributed by atoms with van der Waals surface area (Å²) in [4.78, 5) is 26.4. The molecule has 1 heterocycles. The Morgan fingerprint density at radius 1 is 1.17 bits per heavy atom. The van der Waals surface area contributed by atoms with Gasteiger partial charge in [-0.05, 0) is 42.0 Å². The summed E-state index contributed by atoms with van der Waals surface area (Å²) in [5.74, 6) is -1.52. The molecular weight excluding hydrogens is 387 g/mol. The molecular formula is C21H18F3NO4. The van der Waals surface area contributed by atoms with E-state index in [2.05, 4.69) is 0 Å². The number of rotatable bonds is 5. The SMILES string of the molecule is CCC(=O)C1=C(O)C(=O)N(c2ccc(C(F)(F)F)cc2)C1c1cccc(OC)c1. The van der Waals surface area contributed by atoms with Crippen molar-refractivity contribution in [1.29, 1.82) is 0 Å². The van der Waals surface area contributed by atoms with Gasteiger partial charge >= 0.3 is 6.18 Å². The van der Waals surface area contributed by atoms with Crippen molar-refractivity contribution in [2.75, 3.05) is 12.0 Å². The fourth-order valence-corrected chi connectivity index (χ4v) is 3.28. The summed E-state index contributed by atoms with van der Waals surface area (Å²) < 4.78 is 43.9. The van der Waals surface area contributed by atoms with Crippen LogP contribution in [0.5, 0.6) is 5.75 Å². The van der Waals surface area contributed by atoms with E-state index < -0.39 is 35.2 Å². The molecule has 5 nitrogen and oxygen atoms in total. The number of benzene rings is 2. The molecule has 1 N–H and O–H groups in total. The number of carbonyl (C=O) groups excluding carboxylic acids is 2. The van der Waals surface area contributed by atoms with E-state index >= 15 is 0 Å². The molecule has 0 aliphatic carbocycles. The minimum Gasteiger partial charge on any atom is -0.503 e. The second-order valence-corrected chi connectivity index (χ2v) is 6.44. The molecule has 0 spiro atoms. The van der Waals surface area contributed by atoms with Gasteiger partial charge in [-0.25, -0.2) is 0 Å². The van der Waals surface area contributed by atoms with Gasteiger partial charge in [-0.2, -0.15) is 13.2 Å². The number of carbonyl (C=O) groups is 2. The minimum atomic E-state index is -4.52. The Hall–Kier alpha value is -3.29. The number of halogens is 3. The predicted molar refractivity (Wildman–Crippen MR) is 99.6 cm³/mol. The lowest BCUT2D eigenvalue weighted by molar-refractivity contribution is -0.137. The Morgan fingerprint density at radius 2 is 1.83 bits per heavy atom. The van der Waals surface area contributed by atoms with Gasteiger partial charge in [0.1, 0.15) is 5.75 Å². The highest BCUT2D eigenvalue weighted by atomic mass is 19.4. The number of hydrogen-bond donors (Lipinski definition) is 1. The van der Waals surface area contributed by atoms with E-state index in [1.54, 1.807) is 31.2 Å². The van der Waals surface area contributed by atoms with Crippen LogP contribution in [0.25, 0.3) is 0 Å². The highest BCUT2D eigenvalue weighted by Gasteiger charge is 2.44. The van der Waals surface area contributed by atoms with Gasteiger partial charge < -0.3 is 9.84 Å². The number of ketones is 1. The highest BCUT2D eigenvalue weighted by molar-refractivity contribution is 6.16. The molecule has 0 fully saturated rings. The number of hydrogen-bond acceptors (Lipinski definition) is 4. The van der Waals surface area contributed by atoms with Gasteiger partial charge in [-0.1, -0.05) is 19.1 Å². The van der Waals surface area contributed by atoms with Crippen molar-refractivity contribution in [2.45, 2.75) is 25.6 Å². The Kier molecular flexibility index (Phi) is 5.37. The van der Waals surface area contributed by atoms with Crippen LogP contribution in [-0.2, 0) is 15.8 Å². The van der Waals surface area contributed by atoms with Gasteiger partial charge in [0.15, 0.2) is 11.5 Å². The average molecular weight is 405 g/mol. The second kappa shape index (κ2) is 7.62. The first-order valence-corrected chi connectivity index (χ1v) is 8.80. The number of alkyl halides is 3. The van der Waals surface area contributed by atoms with E-state index in [-0.39, 0.29) is 17.7 Å². The van der Waals surface area contributed by atoms with Crippen LogP contribution in [0.15, 0.2) is 59.9 Å². The smallest absolute Gasteiger partial charge is 0.416 e. The first kappa shape index (κ1) is 20.4. The lowest BCUT2D eigenvalue weighted by Gasteiger charge is -2.27. The van der Waals surface area contributed by atoms with Crippen LogP contribution in [0.3, 0.4) is 0 Å². The van der Waals surface area contributed by atoms with Crippen LogP contribution in [0.4, 0.5) is 18.9 Å². The van der Waals surface area contributed by atoms with Crippen molar-refractivity contribution in [3.05, 3.63) is 71.0 Å². The van der Waals surface area contributed by atoms with E-state index in [9.17, 15) is 27.9 Å². The van der Waals surface area contributed by atoms with Crippen LogP contribution in [-0.4, -0.2) is 23.9 Å². The topological polar surface area (TPSA) is 66.8 Å². The maximum absolute atomic E-state index is 12.9. The molecule has 8 heteroatoms. The Labute approximate surface area is 165 Å². The van der Waals surface area contributed by atoms with Crippen LogP contribution in [0.2, 0.25) is 0 Å². The van der Waals surface area contributed by atoms with E-state index in [4.69, 9.17) is 4.74 Å². The fourth-order valence-electron chi connectivity index (χ4n) is 3.28. The first-order chi connectivity index (χ1) is 13.7. The van der Waals surface area contributed by atoms with Crippen molar-refractivity contribution in [3.63, 3.8) is 0 Å². The molecule has 1 amide bonds. The molecule has 1 aliphatic rings. The summed E-state index contributed by atoms with van der Waals surface area (Å²) in [5, 5.41) is 10.4. The van der Waals surface area contributed by atoms with E-state index in [0.717, 1.165) is 29.2 Å². The fraction of sp³-hybridized carbons (Fsp3) is 0.238. The summed E-state index contributed by atoms with van der Waals surface area (Å²) in [6.07, 6.45) is -4.47. The molecule has 0 aromatic heterocycles. The van der Waals surface area contributed by atoms with Crippen molar-refractivity contribution < 1.29 is 32.6 Å². The Morgan fingerprint density at radius 3 is 2.38 bits per heavy atom. The summed E-state index contributed by atoms with van der Waals surface area (Å²) in [7, 11) is 1.46. The zero-order valence-electron chi connectivity index (χ0n) is 15.7. The molecule has 1 atom stereocenters. The van der Waals surface area contributed by atoms with Crippen LogP contribution < -0.4 is 9.64 Å². The number of aliphatic hydroxyl groups excluding tert-OH is 1. The normalized spacial score (nSPS) is 17.1. The summed E-state index contributed by atoms with van der Waals surface area (Å²) >= 11 is 0. The zero-order valence-corrected chi connectivity index (χ0v) is 15.7. The lowest BCUT2D eigenvalue weighted by Crippen LogP contribution is -2.31. The first-order valence-electron chi connectivity index (χ1n) is 8.80. The minimum absolute atomic E-state index is 0.0496. The largest absolute Gasteiger partial charge is 0.503 e. The van der Waals surface area contributed by atoms with Crippen molar-refractivity contribution >= 4 is 17.4 Å². The summed E-state index contributed by atoms with van der Waals surface area (Å²) in [6, 6.07) is 9.59. The molecule has 0 saturated carbocycles. The summed E-state index contributed by atoms with van der Waals surface area (Å²) in [5.41, 5.74) is -0.349. The third-order valence-corrected chi connectivity index (χ3v) is 4.71. The maximum atomic E-state index is 12.9. The van der Waals surface area contributed by atoms with Gasteiger partial charge in [0.05, 0.1) is 24.3 Å². The molecule has 3 rings (SSSR count). The molecule has 0 bridgehead atoms. The van der Waals surface area contributed by atoms with Gasteiger partial charge in [-0.3, -0.25) is 14.5 Å². The van der Waals surface area contributed by atoms with E-state index in [1.807, 2.05) is 0 Å². The molecule has 152 valence electrons. The van der Waals surface area contributed by atoms with Gasteiger partial charge in [-0.15, -0.1) is 0 Å². The van der Waals surface area contributed by atoms with Crippen LogP contribution in [0, 0.1) is 0 Å². The third kappa shape index (κ3) is 3.70. The van der Waals surface area contributed by atoms with Crippen molar-refractivity contribution in [3.8, 4) is 5.75 Å². The molecule has 29 heavy (non-hydrogen) atoms. The van der Waals surface area contributed by atoms with E-state index in [1.165, 1.54) is 7.11 Å². The third-order valence-electron chi connectivity index (χ3n) is 4.71. The van der Waals surface area contributed by atoms with Gasteiger partial charge in [0.2, 0.25) is 0 Å². The number of nitrogens with zero attached hydrogens (tertiary/aromatic N) is 1. The number of anilines is 1. The quantitative estimate of drug-likeness (QED) is 0.790. The predicted octanol–water partition coefficient (Wildman–Crippen LogP) is 4.59. The van der Waals surface area contributed by atoms with Gasteiger partial charge in [0, 0.05) is 12.1 Å². The van der Waals surface area contributed by atoms with Crippen LogP contribution >= 0.6 is 0 Å². The molecule has 0 saturated heterocycles. The second-order valence-electron chi connectivity index (χ2n) is 6.44. The van der Waals surface area contributed by atoms with Crippen molar-refractivity contribution in [1.82, 2.24) is 0 Å². The van der Waals surface area contributed by atoms with Crippen molar-refractivity contribution in [2.24, 2.45) is 0 Å². The zero-order chi connectivity index (χ0) is 21.3. The number of aliphatic hydroxyl groups is 1. The maximum Gasteiger partial charge on any atom is 0.416 e. The molecule has 0 radical (unpaired) electrons. The Bertz CT molecular complexity index is 980. The number of Topliss-reactive ketones (excluding diaryl/α,β-unsaturated/α-hetero) is 1.